The van der Waals surface area contributed by atoms with Gasteiger partial charge < -0.3 is 10.1 Å². The number of nitrogens with one attached hydrogen (secondary N) is 1. The minimum atomic E-state index is -1.04. The van der Waals surface area contributed by atoms with Gasteiger partial charge in [-0.3, -0.25) is 4.79 Å². The van der Waals surface area contributed by atoms with Crippen molar-refractivity contribution in [3.8, 4) is 0 Å². The molecular formula is C13H21NO4. The molecule has 5 nitrogen and oxygen atoms in total. The molecule has 0 unspecified atom stereocenters. The molecule has 1 fully saturated rings. The van der Waals surface area contributed by atoms with E-state index in [9.17, 15) is 14.4 Å². The molecule has 0 bridgehead atoms. The number of ketones is 1. The van der Waals surface area contributed by atoms with E-state index in [0.717, 1.165) is 19.4 Å². The Balaban J connectivity index is 2.53. The molecule has 0 aromatic carbocycles. The number of hydrogen-bond acceptors (Lipinski definition) is 5. The Hall–Kier alpha value is -1.23. The molecule has 1 rings (SSSR count). The maximum absolute atomic E-state index is 11.8. The normalized spacial score (nSPS) is 20.3. The molecular weight excluding hydrogens is 234 g/mol. The molecule has 1 saturated heterocycles. The zero-order chi connectivity index (χ0) is 13.8. The summed E-state index contributed by atoms with van der Waals surface area (Å²) < 4.78 is 4.65. The maximum Gasteiger partial charge on any atom is 0.382 e. The largest absolute Gasteiger partial charge is 0.386 e. The molecule has 18 heavy (non-hydrogen) atoms. The highest BCUT2D eigenvalue weighted by Gasteiger charge is 2.35. The van der Waals surface area contributed by atoms with Gasteiger partial charge in [-0.15, -0.1) is 0 Å². The summed E-state index contributed by atoms with van der Waals surface area (Å²) >= 11 is 0. The van der Waals surface area contributed by atoms with Crippen molar-refractivity contribution in [1.82, 2.24) is 5.32 Å². The summed E-state index contributed by atoms with van der Waals surface area (Å²) in [7, 11) is 0. The van der Waals surface area contributed by atoms with Crippen LogP contribution in [0.1, 0.15) is 46.5 Å². The van der Waals surface area contributed by atoms with Crippen molar-refractivity contribution in [3.63, 3.8) is 0 Å². The quantitative estimate of drug-likeness (QED) is 0.464. The summed E-state index contributed by atoms with van der Waals surface area (Å²) in [5.74, 6) is -2.33. The van der Waals surface area contributed by atoms with Gasteiger partial charge in [0.25, 0.3) is 0 Å². The van der Waals surface area contributed by atoms with Crippen LogP contribution in [0, 0.1) is 5.41 Å². The average Bonchev–Trinajstić information content (AvgIpc) is 2.38. The van der Waals surface area contributed by atoms with E-state index < -0.39 is 29.2 Å². The molecule has 0 spiro atoms. The van der Waals surface area contributed by atoms with E-state index in [-0.39, 0.29) is 0 Å². The van der Waals surface area contributed by atoms with Gasteiger partial charge in [0.2, 0.25) is 5.78 Å². The molecule has 1 aliphatic rings. The van der Waals surface area contributed by atoms with Crippen LogP contribution < -0.4 is 5.32 Å². The summed E-state index contributed by atoms with van der Waals surface area (Å²) in [6.07, 6.45) is 3.11. The van der Waals surface area contributed by atoms with Crippen molar-refractivity contribution in [2.45, 2.75) is 52.5 Å². The van der Waals surface area contributed by atoms with Crippen molar-refractivity contribution in [2.75, 3.05) is 6.54 Å². The Bertz CT molecular complexity index is 343. The average molecular weight is 255 g/mol. The Morgan fingerprint density at radius 2 is 1.94 bits per heavy atom. The monoisotopic (exact) mass is 255 g/mol. The van der Waals surface area contributed by atoms with Crippen molar-refractivity contribution < 1.29 is 19.1 Å². The molecule has 1 N–H and O–H groups in total. The number of carbonyl (C=O) groups is 3. The Kier molecular flexibility index (Phi) is 5.02. The maximum atomic E-state index is 11.8. The smallest absolute Gasteiger partial charge is 0.382 e. The van der Waals surface area contributed by atoms with E-state index in [1.807, 2.05) is 6.92 Å². The van der Waals surface area contributed by atoms with Crippen LogP contribution >= 0.6 is 0 Å². The zero-order valence-corrected chi connectivity index (χ0v) is 11.2. The molecule has 1 heterocycles. The second kappa shape index (κ2) is 6.09. The van der Waals surface area contributed by atoms with Gasteiger partial charge in [-0.25, -0.2) is 9.59 Å². The fraction of sp³-hybridized carbons (Fsp3) is 0.769. The molecule has 0 saturated carbocycles. The first kappa shape index (κ1) is 14.8. The van der Waals surface area contributed by atoms with E-state index in [0.29, 0.717) is 12.8 Å². The third kappa shape index (κ3) is 3.63. The first-order chi connectivity index (χ1) is 8.38. The number of hydrogen-bond donors (Lipinski definition) is 1. The third-order valence-electron chi connectivity index (χ3n) is 3.47. The van der Waals surface area contributed by atoms with Crippen molar-refractivity contribution in [3.05, 3.63) is 0 Å². The van der Waals surface area contributed by atoms with Crippen LogP contribution in [-0.4, -0.2) is 30.3 Å². The van der Waals surface area contributed by atoms with Crippen LogP contribution in [-0.2, 0) is 19.1 Å². The Labute approximate surface area is 107 Å². The van der Waals surface area contributed by atoms with Crippen molar-refractivity contribution in [1.29, 1.82) is 0 Å². The standard InChI is InChI=1S/C13H21NO4/c1-4-13(2,3)10(15)12(17)18-11(16)9-7-5-6-8-14-9/h9,14H,4-8H2,1-3H3/t9-/m0/s1. The summed E-state index contributed by atoms with van der Waals surface area (Å²) in [5, 5.41) is 2.98. The highest BCUT2D eigenvalue weighted by molar-refractivity contribution is 6.37. The predicted octanol–water partition coefficient (Wildman–Crippen LogP) is 1.20. The van der Waals surface area contributed by atoms with Gasteiger partial charge in [0, 0.05) is 5.41 Å². The highest BCUT2D eigenvalue weighted by Crippen LogP contribution is 2.21. The van der Waals surface area contributed by atoms with E-state index in [1.165, 1.54) is 0 Å². The lowest BCUT2D eigenvalue weighted by atomic mass is 9.85. The van der Waals surface area contributed by atoms with E-state index in [1.54, 1.807) is 13.8 Å². The van der Waals surface area contributed by atoms with Crippen LogP contribution in [0.4, 0.5) is 0 Å². The third-order valence-corrected chi connectivity index (χ3v) is 3.47. The molecule has 0 aromatic rings. The lowest BCUT2D eigenvalue weighted by Gasteiger charge is -2.22. The van der Waals surface area contributed by atoms with Crippen molar-refractivity contribution >= 4 is 17.7 Å². The van der Waals surface area contributed by atoms with Gasteiger partial charge >= 0.3 is 11.9 Å². The Morgan fingerprint density at radius 1 is 1.28 bits per heavy atom. The van der Waals surface area contributed by atoms with Gasteiger partial charge in [-0.1, -0.05) is 27.2 Å². The summed E-state index contributed by atoms with van der Waals surface area (Å²) in [4.78, 5) is 35.0. The summed E-state index contributed by atoms with van der Waals surface area (Å²) in [5.41, 5.74) is -0.780. The highest BCUT2D eigenvalue weighted by atomic mass is 16.6. The number of piperidine rings is 1. The van der Waals surface area contributed by atoms with Crippen LogP contribution in [0.15, 0.2) is 0 Å². The Morgan fingerprint density at radius 3 is 2.44 bits per heavy atom. The SMILES string of the molecule is CCC(C)(C)C(=O)C(=O)OC(=O)[C@@H]1CCCCN1. The van der Waals surface area contributed by atoms with Gasteiger partial charge in [-0.2, -0.15) is 0 Å². The van der Waals surface area contributed by atoms with E-state index in [4.69, 9.17) is 0 Å². The van der Waals surface area contributed by atoms with Gasteiger partial charge in [0.1, 0.15) is 6.04 Å². The van der Waals surface area contributed by atoms with Crippen molar-refractivity contribution in [2.24, 2.45) is 5.41 Å². The minimum absolute atomic E-state index is 0.458. The molecule has 5 heteroatoms. The number of rotatable bonds is 4. The molecule has 0 radical (unpaired) electrons. The lowest BCUT2D eigenvalue weighted by Crippen LogP contribution is -2.44. The van der Waals surface area contributed by atoms with Gasteiger partial charge in [0.15, 0.2) is 0 Å². The number of Topliss-reactive ketones (excluding diaryl/α,β-unsaturated/α-hetero) is 1. The fourth-order valence-electron chi connectivity index (χ4n) is 1.70. The van der Waals surface area contributed by atoms with Crippen LogP contribution in [0.3, 0.4) is 0 Å². The van der Waals surface area contributed by atoms with Gasteiger partial charge in [0.05, 0.1) is 0 Å². The fourth-order valence-corrected chi connectivity index (χ4v) is 1.70. The minimum Gasteiger partial charge on any atom is -0.386 e. The molecule has 1 atom stereocenters. The number of esters is 2. The first-order valence-electron chi connectivity index (χ1n) is 6.42. The van der Waals surface area contributed by atoms with Crippen LogP contribution in [0.5, 0.6) is 0 Å². The summed E-state index contributed by atoms with van der Waals surface area (Å²) in [6, 6.07) is -0.458. The second-order valence-electron chi connectivity index (χ2n) is 5.28. The molecule has 0 aliphatic carbocycles. The first-order valence-corrected chi connectivity index (χ1v) is 6.42. The predicted molar refractivity (Wildman–Crippen MR) is 65.8 cm³/mol. The van der Waals surface area contributed by atoms with Gasteiger partial charge in [-0.05, 0) is 25.8 Å². The van der Waals surface area contributed by atoms with E-state index in [2.05, 4.69) is 10.1 Å². The van der Waals surface area contributed by atoms with E-state index >= 15 is 0 Å². The summed E-state index contributed by atoms with van der Waals surface area (Å²) in [6.45, 7) is 5.89. The molecule has 1 aliphatic heterocycles. The topological polar surface area (TPSA) is 72.5 Å². The lowest BCUT2D eigenvalue weighted by molar-refractivity contribution is -0.168. The molecule has 102 valence electrons. The molecule has 0 amide bonds. The number of carbonyl (C=O) groups excluding carboxylic acids is 3. The van der Waals surface area contributed by atoms with Crippen LogP contribution in [0.25, 0.3) is 0 Å². The zero-order valence-electron chi connectivity index (χ0n) is 11.2. The second-order valence-corrected chi connectivity index (χ2v) is 5.28. The van der Waals surface area contributed by atoms with Crippen LogP contribution in [0.2, 0.25) is 0 Å². The molecule has 0 aromatic heterocycles. The number of ether oxygens (including phenoxy) is 1.